The Morgan fingerprint density at radius 2 is 1.60 bits per heavy atom. The van der Waals surface area contributed by atoms with Crippen molar-refractivity contribution in [2.75, 3.05) is 17.7 Å². The summed E-state index contributed by atoms with van der Waals surface area (Å²) >= 11 is 0. The van der Waals surface area contributed by atoms with Gasteiger partial charge in [-0.25, -0.2) is 13.2 Å². The Hall–Kier alpha value is -3.29. The van der Waals surface area contributed by atoms with Gasteiger partial charge in [0.05, 0.1) is 33.9 Å². The molecule has 0 fully saturated rings. The van der Waals surface area contributed by atoms with Crippen LogP contribution in [0.15, 0.2) is 41.3 Å². The van der Waals surface area contributed by atoms with Crippen LogP contribution in [-0.2, 0) is 38.3 Å². The van der Waals surface area contributed by atoms with E-state index in [9.17, 15) is 44.3 Å². The maximum absolute atomic E-state index is 13.4. The summed E-state index contributed by atoms with van der Waals surface area (Å²) < 4.78 is 110. The van der Waals surface area contributed by atoms with Gasteiger partial charge in [-0.15, -0.1) is 0 Å². The highest BCUT2D eigenvalue weighted by molar-refractivity contribution is 7.90. The second-order valence-electron chi connectivity index (χ2n) is 9.80. The van der Waals surface area contributed by atoms with E-state index in [1.165, 1.54) is 23.1 Å². The lowest BCUT2D eigenvalue weighted by atomic mass is 9.98. The van der Waals surface area contributed by atoms with Crippen LogP contribution in [0.1, 0.15) is 61.9 Å². The molecule has 0 bridgehead atoms. The number of nitrogens with zero attached hydrogens (tertiary/aromatic N) is 2. The maximum atomic E-state index is 13.4. The van der Waals surface area contributed by atoms with Crippen molar-refractivity contribution in [3.8, 4) is 0 Å². The molecule has 0 aliphatic carbocycles. The molecule has 14 heteroatoms. The highest BCUT2D eigenvalue weighted by atomic mass is 32.2. The van der Waals surface area contributed by atoms with Crippen molar-refractivity contribution in [2.24, 2.45) is 0 Å². The van der Waals surface area contributed by atoms with E-state index in [0.29, 0.717) is 17.7 Å². The molecule has 1 aliphatic rings. The van der Waals surface area contributed by atoms with Gasteiger partial charge in [0.2, 0.25) is 5.91 Å². The van der Waals surface area contributed by atoms with Crippen molar-refractivity contribution in [3.63, 3.8) is 0 Å². The molecule has 0 saturated carbocycles. The topological polar surface area (TPSA) is 84.0 Å². The first-order valence-electron chi connectivity index (χ1n) is 12.2. The van der Waals surface area contributed by atoms with Crippen molar-refractivity contribution in [3.05, 3.63) is 58.7 Å². The van der Waals surface area contributed by atoms with Gasteiger partial charge in [-0.3, -0.25) is 9.69 Å². The quantitative estimate of drug-likeness (QED) is 0.376. The summed E-state index contributed by atoms with van der Waals surface area (Å²) in [5, 5.41) is 0. The van der Waals surface area contributed by atoms with Crippen molar-refractivity contribution in [1.29, 1.82) is 0 Å². The molecule has 0 radical (unpaired) electrons. The van der Waals surface area contributed by atoms with Crippen LogP contribution in [0, 0.1) is 0 Å². The van der Waals surface area contributed by atoms with Crippen LogP contribution >= 0.6 is 0 Å². The van der Waals surface area contributed by atoms with Crippen LogP contribution in [0.5, 0.6) is 0 Å². The minimum absolute atomic E-state index is 0.00743. The number of halogens is 6. The van der Waals surface area contributed by atoms with E-state index in [0.717, 1.165) is 18.1 Å². The van der Waals surface area contributed by atoms with Crippen LogP contribution in [0.3, 0.4) is 0 Å². The third-order valence-electron chi connectivity index (χ3n) is 6.28. The van der Waals surface area contributed by atoms with Gasteiger partial charge in [0.25, 0.3) is 0 Å². The standard InChI is InChI=1S/C26H28F6N2O5S/c1-15(2)39-24(36)33-9-5-6-22(21-8-7-20(13-23(21)33)40(4,37)38)34(16(3)35)14-17-10-18(25(27,28)29)12-19(11-17)26(30,31)32/h7-8,10-13,15,22H,5-6,9,14H2,1-4H3. The third kappa shape index (κ3) is 7.26. The molecule has 1 unspecified atom stereocenters. The summed E-state index contributed by atoms with van der Waals surface area (Å²) in [6.45, 7) is 3.83. The fourth-order valence-corrected chi connectivity index (χ4v) is 5.16. The summed E-state index contributed by atoms with van der Waals surface area (Å²) in [4.78, 5) is 27.9. The number of ether oxygens (including phenoxy) is 1. The Morgan fingerprint density at radius 1 is 1.02 bits per heavy atom. The van der Waals surface area contributed by atoms with Gasteiger partial charge in [-0.05, 0) is 68.1 Å². The van der Waals surface area contributed by atoms with Crippen molar-refractivity contribution >= 4 is 27.5 Å². The minimum Gasteiger partial charge on any atom is -0.446 e. The lowest BCUT2D eigenvalue weighted by molar-refractivity contribution is -0.143. The number of benzene rings is 2. The number of amides is 2. The molecule has 2 aromatic rings. The van der Waals surface area contributed by atoms with Crippen molar-refractivity contribution in [1.82, 2.24) is 4.90 Å². The van der Waals surface area contributed by atoms with Crippen LogP contribution in [0.25, 0.3) is 0 Å². The fourth-order valence-electron chi connectivity index (χ4n) is 4.52. The van der Waals surface area contributed by atoms with Crippen LogP contribution < -0.4 is 4.90 Å². The Balaban J connectivity index is 2.16. The summed E-state index contributed by atoms with van der Waals surface area (Å²) in [5.41, 5.74) is -3.01. The second-order valence-corrected chi connectivity index (χ2v) is 11.8. The molecule has 1 heterocycles. The molecule has 220 valence electrons. The average molecular weight is 595 g/mol. The van der Waals surface area contributed by atoms with E-state index < -0.39 is 69.6 Å². The Kier molecular flexibility index (Phi) is 8.82. The minimum atomic E-state index is -5.06. The number of fused-ring (bicyclic) bond motifs is 1. The Labute approximate surface area is 227 Å². The molecule has 0 spiro atoms. The number of sulfone groups is 1. The zero-order valence-corrected chi connectivity index (χ0v) is 22.9. The molecular weight excluding hydrogens is 566 g/mol. The van der Waals surface area contributed by atoms with Crippen molar-refractivity contribution < 1.29 is 49.1 Å². The summed E-state index contributed by atoms with van der Waals surface area (Å²) in [6, 6.07) is 4.12. The lowest BCUT2D eigenvalue weighted by Gasteiger charge is -2.32. The van der Waals surface area contributed by atoms with Crippen LogP contribution in [-0.4, -0.2) is 44.2 Å². The molecule has 7 nitrogen and oxygen atoms in total. The van der Waals surface area contributed by atoms with Gasteiger partial charge in [-0.1, -0.05) is 6.07 Å². The summed E-state index contributed by atoms with van der Waals surface area (Å²) in [7, 11) is -3.73. The van der Waals surface area contributed by atoms with Gasteiger partial charge < -0.3 is 9.64 Å². The molecule has 1 aliphatic heterocycles. The zero-order valence-electron chi connectivity index (χ0n) is 22.1. The van der Waals surface area contributed by atoms with Gasteiger partial charge >= 0.3 is 18.4 Å². The van der Waals surface area contributed by atoms with Crippen LogP contribution in [0.4, 0.5) is 36.8 Å². The number of anilines is 1. The number of hydrogen-bond donors (Lipinski definition) is 0. The molecular formula is C26H28F6N2O5S. The van der Waals surface area contributed by atoms with Gasteiger partial charge in [0, 0.05) is 26.3 Å². The highest BCUT2D eigenvalue weighted by Crippen LogP contribution is 2.41. The first kappa shape index (κ1) is 31.2. The number of hydrogen-bond acceptors (Lipinski definition) is 5. The Bertz CT molecular complexity index is 1360. The average Bonchev–Trinajstić information content (AvgIpc) is 2.99. The molecule has 1 atom stereocenters. The molecule has 3 rings (SSSR count). The number of carbonyl (C=O) groups excluding carboxylic acids is 2. The smallest absolute Gasteiger partial charge is 0.416 e. The predicted octanol–water partition coefficient (Wildman–Crippen LogP) is 6.36. The first-order valence-corrected chi connectivity index (χ1v) is 14.1. The zero-order chi connectivity index (χ0) is 30.2. The maximum Gasteiger partial charge on any atom is 0.416 e. The largest absolute Gasteiger partial charge is 0.446 e. The molecule has 0 saturated heterocycles. The van der Waals surface area contributed by atoms with E-state index in [1.54, 1.807) is 13.8 Å². The second kappa shape index (κ2) is 11.3. The SMILES string of the molecule is CC(=O)N(Cc1cc(C(F)(F)F)cc(C(F)(F)F)c1)C1CCCN(C(=O)OC(C)C)c2cc(S(C)(=O)=O)ccc21. The van der Waals surface area contributed by atoms with E-state index in [-0.39, 0.29) is 36.0 Å². The lowest BCUT2D eigenvalue weighted by Crippen LogP contribution is -2.35. The fraction of sp³-hybridized carbons (Fsp3) is 0.462. The van der Waals surface area contributed by atoms with Crippen molar-refractivity contribution in [2.45, 2.75) is 69.6 Å². The van der Waals surface area contributed by atoms with E-state index in [4.69, 9.17) is 4.74 Å². The van der Waals surface area contributed by atoms with E-state index in [1.807, 2.05) is 0 Å². The number of alkyl halides is 6. The normalized spacial score (nSPS) is 16.4. The van der Waals surface area contributed by atoms with Crippen LogP contribution in [0.2, 0.25) is 0 Å². The first-order chi connectivity index (χ1) is 18.3. The predicted molar refractivity (Wildman–Crippen MR) is 133 cm³/mol. The molecule has 2 aromatic carbocycles. The third-order valence-corrected chi connectivity index (χ3v) is 7.39. The number of carbonyl (C=O) groups is 2. The number of rotatable bonds is 5. The highest BCUT2D eigenvalue weighted by Gasteiger charge is 2.38. The molecule has 40 heavy (non-hydrogen) atoms. The summed E-state index contributed by atoms with van der Waals surface area (Å²) in [6.07, 6.45) is -10.00. The van der Waals surface area contributed by atoms with Gasteiger partial charge in [0.1, 0.15) is 0 Å². The van der Waals surface area contributed by atoms with Gasteiger partial charge in [-0.2, -0.15) is 26.3 Å². The molecule has 0 N–H and O–H groups in total. The van der Waals surface area contributed by atoms with E-state index >= 15 is 0 Å². The molecule has 2 amide bonds. The summed E-state index contributed by atoms with van der Waals surface area (Å²) in [5.74, 6) is -0.646. The van der Waals surface area contributed by atoms with E-state index in [2.05, 4.69) is 0 Å². The van der Waals surface area contributed by atoms with Gasteiger partial charge in [0.15, 0.2) is 9.84 Å². The monoisotopic (exact) mass is 594 g/mol. The Morgan fingerprint density at radius 3 is 2.08 bits per heavy atom. The molecule has 0 aromatic heterocycles.